The van der Waals surface area contributed by atoms with Crippen LogP contribution in [0.1, 0.15) is 56.7 Å². The Morgan fingerprint density at radius 2 is 1.65 bits per heavy atom. The van der Waals surface area contributed by atoms with Crippen molar-refractivity contribution in [1.82, 2.24) is 5.32 Å². The Balaban J connectivity index is 1.11. The summed E-state index contributed by atoms with van der Waals surface area (Å²) in [6, 6.07) is 26.8. The first-order chi connectivity index (χ1) is 24.8. The van der Waals surface area contributed by atoms with Gasteiger partial charge in [-0.2, -0.15) is 0 Å². The lowest BCUT2D eigenvalue weighted by atomic mass is 9.95. The summed E-state index contributed by atoms with van der Waals surface area (Å²) in [5, 5.41) is 9.05. The van der Waals surface area contributed by atoms with Gasteiger partial charge in [0.2, 0.25) is 5.91 Å². The van der Waals surface area contributed by atoms with E-state index < -0.39 is 17.8 Å². The Morgan fingerprint density at radius 3 is 2.39 bits per heavy atom. The molecule has 2 heterocycles. The van der Waals surface area contributed by atoms with E-state index in [-0.39, 0.29) is 24.0 Å². The highest BCUT2D eigenvalue weighted by atomic mass is 79.9. The number of thiophene rings is 1. The first-order valence-electron chi connectivity index (χ1n) is 16.4. The number of anilines is 2. The van der Waals surface area contributed by atoms with Crippen LogP contribution in [-0.4, -0.2) is 36.1 Å². The summed E-state index contributed by atoms with van der Waals surface area (Å²) in [7, 11) is 0. The number of hydrogen-bond donors (Lipinski definition) is 3. The van der Waals surface area contributed by atoms with Gasteiger partial charge in [-0.25, -0.2) is 4.79 Å². The lowest BCUT2D eigenvalue weighted by molar-refractivity contribution is -0.114. The molecule has 5 aromatic rings. The molecular formula is C39H34BrN3O6S2. The van der Waals surface area contributed by atoms with Gasteiger partial charge >= 0.3 is 5.97 Å². The summed E-state index contributed by atoms with van der Waals surface area (Å²) in [5.41, 5.74) is 3.23. The molecule has 0 unspecified atom stereocenters. The smallest absolute Gasteiger partial charge is 0.341 e. The van der Waals surface area contributed by atoms with Gasteiger partial charge in [-0.1, -0.05) is 46.3 Å². The molecule has 0 bridgehead atoms. The number of esters is 1. The molecule has 0 saturated heterocycles. The van der Waals surface area contributed by atoms with Crippen LogP contribution in [0.25, 0.3) is 17.4 Å². The molecule has 51 heavy (non-hydrogen) atoms. The maximum absolute atomic E-state index is 13.5. The SMILES string of the molecule is CCOC(=O)c1c(NC(=O)CSc2ccc(NC(=O)/C(=C/c3ccc(-c4ccc(Br)cc4)o3)NC(=O)c3ccccc3)cc2)sc2c1CCCC2. The topological polar surface area (TPSA) is 127 Å². The molecule has 2 aromatic heterocycles. The molecule has 260 valence electrons. The molecule has 6 rings (SSSR count). The zero-order chi connectivity index (χ0) is 35.7. The number of benzene rings is 3. The monoisotopic (exact) mass is 783 g/mol. The summed E-state index contributed by atoms with van der Waals surface area (Å²) in [4.78, 5) is 54.3. The van der Waals surface area contributed by atoms with Crippen molar-refractivity contribution in [1.29, 1.82) is 0 Å². The molecule has 0 radical (unpaired) electrons. The predicted octanol–water partition coefficient (Wildman–Crippen LogP) is 8.97. The summed E-state index contributed by atoms with van der Waals surface area (Å²) >= 11 is 6.22. The van der Waals surface area contributed by atoms with E-state index in [1.807, 2.05) is 24.3 Å². The third-order valence-electron chi connectivity index (χ3n) is 7.96. The van der Waals surface area contributed by atoms with E-state index in [1.165, 1.54) is 29.2 Å². The van der Waals surface area contributed by atoms with E-state index in [4.69, 9.17) is 9.15 Å². The van der Waals surface area contributed by atoms with Crippen molar-refractivity contribution in [3.63, 3.8) is 0 Å². The van der Waals surface area contributed by atoms with Gasteiger partial charge in [0.05, 0.1) is 17.9 Å². The largest absolute Gasteiger partial charge is 0.462 e. The molecule has 1 aliphatic rings. The van der Waals surface area contributed by atoms with Crippen molar-refractivity contribution in [3.8, 4) is 11.3 Å². The lowest BCUT2D eigenvalue weighted by Crippen LogP contribution is -2.30. The fraction of sp³-hybridized carbons (Fsp3) is 0.179. The Kier molecular flexibility index (Phi) is 11.9. The third kappa shape index (κ3) is 9.26. The van der Waals surface area contributed by atoms with Crippen molar-refractivity contribution in [2.45, 2.75) is 37.5 Å². The summed E-state index contributed by atoms with van der Waals surface area (Å²) in [5.74, 6) is -0.501. The van der Waals surface area contributed by atoms with E-state index in [9.17, 15) is 19.2 Å². The molecule has 3 amide bonds. The van der Waals surface area contributed by atoms with Crippen molar-refractivity contribution < 1.29 is 28.3 Å². The normalized spacial score (nSPS) is 12.5. The molecule has 0 atom stereocenters. The Morgan fingerprint density at radius 1 is 0.902 bits per heavy atom. The van der Waals surface area contributed by atoms with Crippen LogP contribution in [0.15, 0.2) is 110 Å². The third-order valence-corrected chi connectivity index (χ3v) is 10.7. The molecule has 0 spiro atoms. The van der Waals surface area contributed by atoms with Gasteiger partial charge in [-0.05, 0) is 98.8 Å². The highest BCUT2D eigenvalue weighted by Gasteiger charge is 2.27. The fourth-order valence-electron chi connectivity index (χ4n) is 5.50. The van der Waals surface area contributed by atoms with Crippen LogP contribution in [0.2, 0.25) is 0 Å². The van der Waals surface area contributed by atoms with Crippen LogP contribution in [0.3, 0.4) is 0 Å². The molecule has 3 N–H and O–H groups in total. The molecule has 1 aliphatic carbocycles. The molecule has 3 aromatic carbocycles. The van der Waals surface area contributed by atoms with E-state index in [2.05, 4.69) is 31.9 Å². The predicted molar refractivity (Wildman–Crippen MR) is 205 cm³/mol. The second-order valence-electron chi connectivity index (χ2n) is 11.5. The van der Waals surface area contributed by atoms with Gasteiger partial charge < -0.3 is 25.1 Å². The van der Waals surface area contributed by atoms with Crippen LogP contribution in [0.5, 0.6) is 0 Å². The molecule has 12 heteroatoms. The van der Waals surface area contributed by atoms with Crippen molar-refractivity contribution in [2.24, 2.45) is 0 Å². The second kappa shape index (κ2) is 16.9. The number of ether oxygens (including phenoxy) is 1. The Labute approximate surface area is 312 Å². The maximum atomic E-state index is 13.5. The fourth-order valence-corrected chi connectivity index (χ4v) is 7.76. The first kappa shape index (κ1) is 35.9. The van der Waals surface area contributed by atoms with Crippen LogP contribution in [0.4, 0.5) is 10.7 Å². The minimum absolute atomic E-state index is 0.00636. The number of fused-ring (bicyclic) bond motifs is 1. The van der Waals surface area contributed by atoms with Gasteiger partial charge in [0.15, 0.2) is 0 Å². The van der Waals surface area contributed by atoms with Gasteiger partial charge in [0, 0.05) is 37.1 Å². The summed E-state index contributed by atoms with van der Waals surface area (Å²) < 4.78 is 12.2. The number of aryl methyl sites for hydroxylation is 1. The summed E-state index contributed by atoms with van der Waals surface area (Å²) in [6.07, 6.45) is 5.26. The maximum Gasteiger partial charge on any atom is 0.341 e. The van der Waals surface area contributed by atoms with Crippen LogP contribution < -0.4 is 16.0 Å². The number of amides is 3. The van der Waals surface area contributed by atoms with Gasteiger partial charge in [-0.3, -0.25) is 14.4 Å². The van der Waals surface area contributed by atoms with Gasteiger partial charge in [0.25, 0.3) is 11.8 Å². The lowest BCUT2D eigenvalue weighted by Gasteiger charge is -2.12. The standard InChI is InChI=1S/C39H34BrN3O6S2/c1-2-48-39(47)35-30-10-6-7-11-33(30)51-38(35)43-34(44)23-50-29-19-16-27(17-20-29)41-37(46)31(42-36(45)25-8-4-3-5-9-25)22-28-18-21-32(49-28)24-12-14-26(40)15-13-24/h3-5,8-9,12-22H,2,6-7,10-11,23H2,1H3,(H,41,46)(H,42,45)(H,43,44)/b31-22-. The number of rotatable bonds is 12. The van der Waals surface area contributed by atoms with Crippen molar-refractivity contribution in [3.05, 3.63) is 128 Å². The van der Waals surface area contributed by atoms with E-state index in [0.717, 1.165) is 51.1 Å². The number of carbonyl (C=O) groups is 4. The number of nitrogens with one attached hydrogen (secondary N) is 3. The molecular weight excluding hydrogens is 750 g/mol. The highest BCUT2D eigenvalue weighted by molar-refractivity contribution is 9.10. The minimum Gasteiger partial charge on any atom is -0.462 e. The number of hydrogen-bond acceptors (Lipinski definition) is 8. The second-order valence-corrected chi connectivity index (χ2v) is 14.6. The van der Waals surface area contributed by atoms with Gasteiger partial charge in [-0.15, -0.1) is 23.1 Å². The average molecular weight is 785 g/mol. The average Bonchev–Trinajstić information content (AvgIpc) is 3.76. The highest BCUT2D eigenvalue weighted by Crippen LogP contribution is 2.39. The van der Waals surface area contributed by atoms with Crippen molar-refractivity contribution in [2.75, 3.05) is 23.0 Å². The quantitative estimate of drug-likeness (QED) is 0.0655. The number of halogens is 1. The first-order valence-corrected chi connectivity index (χ1v) is 19.0. The number of thioether (sulfide) groups is 1. The van der Waals surface area contributed by atoms with E-state index in [1.54, 1.807) is 73.7 Å². The zero-order valence-electron chi connectivity index (χ0n) is 27.6. The number of furan rings is 1. The van der Waals surface area contributed by atoms with E-state index >= 15 is 0 Å². The Bertz CT molecular complexity index is 2070. The number of carbonyl (C=O) groups excluding carboxylic acids is 4. The van der Waals surface area contributed by atoms with Crippen LogP contribution >= 0.6 is 39.0 Å². The van der Waals surface area contributed by atoms with Gasteiger partial charge in [0.1, 0.15) is 22.2 Å². The van der Waals surface area contributed by atoms with Crippen molar-refractivity contribution >= 4 is 79.5 Å². The zero-order valence-corrected chi connectivity index (χ0v) is 30.8. The molecule has 0 aliphatic heterocycles. The summed E-state index contributed by atoms with van der Waals surface area (Å²) in [6.45, 7) is 2.03. The van der Waals surface area contributed by atoms with Crippen LogP contribution in [0, 0.1) is 0 Å². The Hall–Kier alpha value is -4.91. The minimum atomic E-state index is -0.545. The molecule has 0 fully saturated rings. The molecule has 0 saturated carbocycles. The van der Waals surface area contributed by atoms with Crippen LogP contribution in [-0.2, 0) is 27.2 Å². The molecule has 9 nitrogen and oxygen atoms in total. The van der Waals surface area contributed by atoms with E-state index in [0.29, 0.717) is 33.3 Å².